The molecule has 0 heterocycles. The Morgan fingerprint density at radius 3 is 2.65 bits per heavy atom. The molecular weight excluding hydrogens is 276 g/mol. The van der Waals surface area contributed by atoms with Crippen LogP contribution in [0.1, 0.15) is 12.0 Å². The maximum Gasteiger partial charge on any atom is 0.316 e. The highest BCUT2D eigenvalue weighted by Gasteiger charge is 2.19. The molecule has 1 amide bonds. The third kappa shape index (κ3) is 6.25. The van der Waals surface area contributed by atoms with Gasteiger partial charge in [-0.1, -0.05) is 30.3 Å². The molecule has 1 unspecified atom stereocenters. The second-order valence-electron chi connectivity index (χ2n) is 4.09. The second-order valence-corrected chi connectivity index (χ2v) is 5.28. The minimum absolute atomic E-state index is 0.0786. The van der Waals surface area contributed by atoms with E-state index in [9.17, 15) is 9.59 Å². The fourth-order valence-electron chi connectivity index (χ4n) is 1.53. The number of nitriles is 1. The molecule has 20 heavy (non-hydrogen) atoms. The van der Waals surface area contributed by atoms with Crippen molar-refractivity contribution in [3.05, 3.63) is 35.9 Å². The van der Waals surface area contributed by atoms with Crippen molar-refractivity contribution >= 4 is 23.6 Å². The van der Waals surface area contributed by atoms with Gasteiger partial charge in [0.1, 0.15) is 5.25 Å². The molecule has 0 bridgehead atoms. The predicted octanol–water partition coefficient (Wildman–Crippen LogP) is 1.45. The lowest BCUT2D eigenvalue weighted by atomic mass is 10.1. The van der Waals surface area contributed by atoms with Crippen LogP contribution in [0.25, 0.3) is 0 Å². The van der Waals surface area contributed by atoms with Crippen molar-refractivity contribution < 1.29 is 14.7 Å². The van der Waals surface area contributed by atoms with E-state index < -0.39 is 11.2 Å². The average molecular weight is 292 g/mol. The fraction of sp³-hybridized carbons (Fsp3) is 0.357. The zero-order valence-corrected chi connectivity index (χ0v) is 11.7. The second kappa shape index (κ2) is 8.99. The van der Waals surface area contributed by atoms with Crippen molar-refractivity contribution in [3.8, 4) is 6.07 Å². The van der Waals surface area contributed by atoms with Gasteiger partial charge in [-0.2, -0.15) is 5.26 Å². The Morgan fingerprint density at radius 1 is 1.35 bits per heavy atom. The van der Waals surface area contributed by atoms with Crippen molar-refractivity contribution in [2.24, 2.45) is 0 Å². The van der Waals surface area contributed by atoms with Crippen molar-refractivity contribution in [1.82, 2.24) is 5.32 Å². The summed E-state index contributed by atoms with van der Waals surface area (Å²) < 4.78 is 0. The van der Waals surface area contributed by atoms with Gasteiger partial charge in [0, 0.05) is 6.54 Å². The number of nitrogens with zero attached hydrogens (tertiary/aromatic N) is 1. The van der Waals surface area contributed by atoms with Crippen molar-refractivity contribution in [1.29, 1.82) is 5.26 Å². The smallest absolute Gasteiger partial charge is 0.316 e. The number of amides is 1. The summed E-state index contributed by atoms with van der Waals surface area (Å²) in [5.74, 6) is -1.09. The normalized spacial score (nSPS) is 11.3. The molecule has 2 N–H and O–H groups in total. The van der Waals surface area contributed by atoms with Gasteiger partial charge in [0.05, 0.1) is 18.2 Å². The number of benzene rings is 1. The minimum atomic E-state index is -0.927. The molecule has 1 aromatic carbocycles. The topological polar surface area (TPSA) is 90.2 Å². The summed E-state index contributed by atoms with van der Waals surface area (Å²) in [4.78, 5) is 22.6. The van der Waals surface area contributed by atoms with Gasteiger partial charge >= 0.3 is 5.97 Å². The summed E-state index contributed by atoms with van der Waals surface area (Å²) in [5, 5.41) is 19.4. The number of hydrogen-bond acceptors (Lipinski definition) is 4. The highest BCUT2D eigenvalue weighted by molar-refractivity contribution is 8.01. The molecule has 0 aromatic heterocycles. The molecule has 0 aliphatic heterocycles. The molecule has 6 heteroatoms. The number of rotatable bonds is 8. The summed E-state index contributed by atoms with van der Waals surface area (Å²) in [6.07, 6.45) is 0.634. The van der Waals surface area contributed by atoms with Crippen molar-refractivity contribution in [3.63, 3.8) is 0 Å². The zero-order chi connectivity index (χ0) is 14.8. The third-order valence-electron chi connectivity index (χ3n) is 2.51. The summed E-state index contributed by atoms with van der Waals surface area (Å²) >= 11 is 1.10. The molecule has 0 saturated heterocycles. The van der Waals surface area contributed by atoms with E-state index in [1.54, 1.807) is 0 Å². The van der Waals surface area contributed by atoms with Crippen LogP contribution in [0.2, 0.25) is 0 Å². The highest BCUT2D eigenvalue weighted by Crippen LogP contribution is 2.16. The number of carboxylic acids is 1. The largest absolute Gasteiger partial charge is 0.480 e. The number of carboxylic acid groups (broad SMARTS) is 1. The standard InChI is InChI=1S/C14H16N2O3S/c15-7-4-8-16-13(17)10-20-12(14(18)19)9-11-5-2-1-3-6-11/h1-3,5-6,12H,4,8-10H2,(H,16,17)(H,18,19). The van der Waals surface area contributed by atoms with E-state index in [1.807, 2.05) is 36.4 Å². The summed E-state index contributed by atoms with van der Waals surface area (Å²) in [7, 11) is 0. The lowest BCUT2D eigenvalue weighted by Crippen LogP contribution is -2.28. The summed E-state index contributed by atoms with van der Waals surface area (Å²) in [6, 6.07) is 11.2. The number of nitrogens with one attached hydrogen (secondary N) is 1. The number of hydrogen-bond donors (Lipinski definition) is 2. The van der Waals surface area contributed by atoms with E-state index in [1.165, 1.54) is 0 Å². The molecule has 1 atom stereocenters. The van der Waals surface area contributed by atoms with Gasteiger partial charge in [0.2, 0.25) is 5.91 Å². The Bertz CT molecular complexity index is 485. The first-order valence-electron chi connectivity index (χ1n) is 6.15. The minimum Gasteiger partial charge on any atom is -0.480 e. The predicted molar refractivity (Wildman–Crippen MR) is 77.3 cm³/mol. The highest BCUT2D eigenvalue weighted by atomic mass is 32.2. The van der Waals surface area contributed by atoms with E-state index >= 15 is 0 Å². The first kappa shape index (κ1) is 16.1. The van der Waals surface area contributed by atoms with E-state index in [-0.39, 0.29) is 18.1 Å². The maximum atomic E-state index is 11.5. The molecule has 0 aliphatic rings. The maximum absolute atomic E-state index is 11.5. The lowest BCUT2D eigenvalue weighted by Gasteiger charge is -2.12. The molecule has 0 aliphatic carbocycles. The van der Waals surface area contributed by atoms with Gasteiger partial charge in [0.15, 0.2) is 0 Å². The monoisotopic (exact) mass is 292 g/mol. The van der Waals surface area contributed by atoms with E-state index in [0.29, 0.717) is 13.0 Å². The first-order valence-corrected chi connectivity index (χ1v) is 7.20. The van der Waals surface area contributed by atoms with Gasteiger partial charge in [-0.25, -0.2) is 0 Å². The molecule has 1 rings (SSSR count). The molecule has 1 aromatic rings. The number of aliphatic carboxylic acids is 1. The summed E-state index contributed by atoms with van der Waals surface area (Å²) in [6.45, 7) is 0.298. The molecular formula is C14H16N2O3S. The molecule has 0 fully saturated rings. The van der Waals surface area contributed by atoms with Crippen molar-refractivity contribution in [2.75, 3.05) is 12.3 Å². The Hall–Kier alpha value is -2.00. The number of carbonyl (C=O) groups excluding carboxylic acids is 1. The SMILES string of the molecule is N#CCCNC(=O)CSC(Cc1ccccc1)C(=O)O. The Balaban J connectivity index is 2.42. The Labute approximate surface area is 122 Å². The Morgan fingerprint density at radius 2 is 2.05 bits per heavy atom. The third-order valence-corrected chi connectivity index (χ3v) is 3.71. The molecule has 0 radical (unpaired) electrons. The fourth-order valence-corrected chi connectivity index (χ4v) is 2.44. The molecule has 0 saturated carbocycles. The quantitative estimate of drug-likeness (QED) is 0.708. The molecule has 0 spiro atoms. The van der Waals surface area contributed by atoms with Crippen LogP contribution in [0.15, 0.2) is 30.3 Å². The molecule has 106 valence electrons. The van der Waals surface area contributed by atoms with Crippen LogP contribution >= 0.6 is 11.8 Å². The van der Waals surface area contributed by atoms with Gasteiger partial charge in [0.25, 0.3) is 0 Å². The lowest BCUT2D eigenvalue weighted by molar-refractivity contribution is -0.136. The first-order chi connectivity index (χ1) is 9.63. The van der Waals surface area contributed by atoms with Crippen LogP contribution in [-0.2, 0) is 16.0 Å². The average Bonchev–Trinajstić information content (AvgIpc) is 2.44. The Kier molecular flexibility index (Phi) is 7.22. The summed E-state index contributed by atoms with van der Waals surface area (Å²) in [5.41, 5.74) is 0.928. The van der Waals surface area contributed by atoms with Gasteiger partial charge < -0.3 is 10.4 Å². The van der Waals surface area contributed by atoms with Crippen LogP contribution in [0, 0.1) is 11.3 Å². The van der Waals surface area contributed by atoms with Crippen LogP contribution < -0.4 is 5.32 Å². The van der Waals surface area contributed by atoms with Gasteiger partial charge in [-0.05, 0) is 12.0 Å². The van der Waals surface area contributed by atoms with Crippen LogP contribution in [-0.4, -0.2) is 34.5 Å². The van der Waals surface area contributed by atoms with Crippen molar-refractivity contribution in [2.45, 2.75) is 18.1 Å². The van der Waals surface area contributed by atoms with Gasteiger partial charge in [-0.15, -0.1) is 11.8 Å². The van der Waals surface area contributed by atoms with Crippen LogP contribution in [0.3, 0.4) is 0 Å². The number of thioether (sulfide) groups is 1. The molecule has 5 nitrogen and oxygen atoms in total. The van der Waals surface area contributed by atoms with Gasteiger partial charge in [-0.3, -0.25) is 9.59 Å². The van der Waals surface area contributed by atoms with Crippen LogP contribution in [0.5, 0.6) is 0 Å². The zero-order valence-electron chi connectivity index (χ0n) is 10.9. The van der Waals surface area contributed by atoms with E-state index in [4.69, 9.17) is 10.4 Å². The van der Waals surface area contributed by atoms with E-state index in [0.717, 1.165) is 17.3 Å². The van der Waals surface area contributed by atoms with Crippen LogP contribution in [0.4, 0.5) is 0 Å². The number of carbonyl (C=O) groups is 2. The van der Waals surface area contributed by atoms with E-state index in [2.05, 4.69) is 5.32 Å².